The predicted molar refractivity (Wildman–Crippen MR) is 141 cm³/mol. The standard InChI is InChI=1S/C28H34N8/c1-19(2)14-34-17-26-28(35(18-34)15-21-8-9-21)29-20(3)36(26)16-22-10-12-23(13-11-22)24-6-4-5-7-25(24)27-30-32-33-31-27/h4-7,10-13,19,21H,8-9,14-18H2,1-3H3,(H,30,31,32,33). The van der Waals surface area contributed by atoms with E-state index < -0.39 is 0 Å². The van der Waals surface area contributed by atoms with Crippen molar-refractivity contribution in [2.24, 2.45) is 11.8 Å². The Bertz CT molecular complexity index is 1320. The maximum atomic E-state index is 5.07. The zero-order chi connectivity index (χ0) is 24.6. The largest absolute Gasteiger partial charge is 0.342 e. The molecule has 1 fully saturated rings. The minimum Gasteiger partial charge on any atom is -0.342 e. The third-order valence-corrected chi connectivity index (χ3v) is 7.22. The highest BCUT2D eigenvalue weighted by molar-refractivity contribution is 5.80. The van der Waals surface area contributed by atoms with Crippen molar-refractivity contribution in [3.63, 3.8) is 0 Å². The van der Waals surface area contributed by atoms with E-state index in [1.54, 1.807) is 0 Å². The molecule has 0 unspecified atom stereocenters. The molecule has 0 bridgehead atoms. The van der Waals surface area contributed by atoms with E-state index in [4.69, 9.17) is 4.98 Å². The van der Waals surface area contributed by atoms with E-state index in [1.807, 2.05) is 18.2 Å². The van der Waals surface area contributed by atoms with Crippen LogP contribution in [-0.2, 0) is 13.1 Å². The summed E-state index contributed by atoms with van der Waals surface area (Å²) in [5.41, 5.74) is 5.88. The van der Waals surface area contributed by atoms with Gasteiger partial charge in [0.1, 0.15) is 5.82 Å². The molecular weight excluding hydrogens is 448 g/mol. The minimum atomic E-state index is 0.648. The minimum absolute atomic E-state index is 0.648. The van der Waals surface area contributed by atoms with Crippen LogP contribution in [0.1, 0.15) is 43.8 Å². The molecule has 3 heterocycles. The number of imidazole rings is 1. The van der Waals surface area contributed by atoms with Crippen molar-refractivity contribution in [2.75, 3.05) is 24.7 Å². The van der Waals surface area contributed by atoms with E-state index in [-0.39, 0.29) is 0 Å². The van der Waals surface area contributed by atoms with E-state index in [2.05, 4.69) is 86.1 Å². The Hall–Kier alpha value is -3.52. The SMILES string of the molecule is Cc1nc2c(n1Cc1ccc(-c3ccccc3-c3nnn[nH]3)cc1)CN(CC(C)C)CN2CC1CC1. The summed E-state index contributed by atoms with van der Waals surface area (Å²) >= 11 is 0. The van der Waals surface area contributed by atoms with Crippen LogP contribution < -0.4 is 4.90 Å². The zero-order valence-electron chi connectivity index (χ0n) is 21.4. The highest BCUT2D eigenvalue weighted by Gasteiger charge is 2.32. The molecule has 1 N–H and O–H groups in total. The van der Waals surface area contributed by atoms with Crippen molar-refractivity contribution < 1.29 is 0 Å². The molecule has 2 aromatic heterocycles. The third-order valence-electron chi connectivity index (χ3n) is 7.22. The molecule has 2 aromatic carbocycles. The number of rotatable bonds is 8. The fourth-order valence-corrected chi connectivity index (χ4v) is 5.37. The number of aromatic nitrogens is 6. The van der Waals surface area contributed by atoms with Crippen LogP contribution in [0, 0.1) is 18.8 Å². The van der Waals surface area contributed by atoms with Crippen molar-refractivity contribution >= 4 is 5.82 Å². The van der Waals surface area contributed by atoms with Crippen molar-refractivity contribution in [1.82, 2.24) is 35.1 Å². The molecule has 0 spiro atoms. The second-order valence-corrected chi connectivity index (χ2v) is 10.7. The zero-order valence-corrected chi connectivity index (χ0v) is 21.4. The van der Waals surface area contributed by atoms with E-state index in [9.17, 15) is 0 Å². The number of benzene rings is 2. The number of H-pyrrole nitrogens is 1. The first-order chi connectivity index (χ1) is 17.5. The summed E-state index contributed by atoms with van der Waals surface area (Å²) in [6.07, 6.45) is 2.72. The molecule has 8 heteroatoms. The predicted octanol–water partition coefficient (Wildman–Crippen LogP) is 4.73. The Labute approximate surface area is 212 Å². The quantitative estimate of drug-likeness (QED) is 0.391. The van der Waals surface area contributed by atoms with Crippen LogP contribution in [0.25, 0.3) is 22.5 Å². The van der Waals surface area contributed by atoms with Gasteiger partial charge in [0.25, 0.3) is 0 Å². The van der Waals surface area contributed by atoms with Crippen molar-refractivity contribution in [3.8, 4) is 22.5 Å². The summed E-state index contributed by atoms with van der Waals surface area (Å²) in [7, 11) is 0. The Balaban J connectivity index is 1.27. The van der Waals surface area contributed by atoms with E-state index >= 15 is 0 Å². The molecule has 8 nitrogen and oxygen atoms in total. The molecule has 36 heavy (non-hydrogen) atoms. The van der Waals surface area contributed by atoms with Crippen molar-refractivity contribution in [2.45, 2.75) is 46.7 Å². The average Bonchev–Trinajstić information content (AvgIpc) is 3.40. The number of fused-ring (bicyclic) bond motifs is 1. The first-order valence-electron chi connectivity index (χ1n) is 13.0. The van der Waals surface area contributed by atoms with Crippen LogP contribution in [0.15, 0.2) is 48.5 Å². The Morgan fingerprint density at radius 1 is 1.03 bits per heavy atom. The van der Waals surface area contributed by atoms with E-state index in [0.717, 1.165) is 61.3 Å². The molecule has 1 saturated carbocycles. The fraction of sp³-hybridized carbons (Fsp3) is 0.429. The normalized spacial score (nSPS) is 16.1. The van der Waals surface area contributed by atoms with Gasteiger partial charge in [-0.05, 0) is 58.7 Å². The Morgan fingerprint density at radius 2 is 1.81 bits per heavy atom. The summed E-state index contributed by atoms with van der Waals surface area (Å²) in [6.45, 7) is 11.8. The van der Waals surface area contributed by atoms with Gasteiger partial charge in [-0.15, -0.1) is 5.10 Å². The number of tetrazole rings is 1. The van der Waals surface area contributed by atoms with Gasteiger partial charge in [0.2, 0.25) is 0 Å². The number of nitrogens with one attached hydrogen (secondary N) is 1. The highest BCUT2D eigenvalue weighted by atomic mass is 15.5. The summed E-state index contributed by atoms with van der Waals surface area (Å²) < 4.78 is 2.42. The van der Waals surface area contributed by atoms with Gasteiger partial charge < -0.3 is 9.47 Å². The second-order valence-electron chi connectivity index (χ2n) is 10.7. The van der Waals surface area contributed by atoms with Crippen LogP contribution in [-0.4, -0.2) is 54.8 Å². The number of hydrogen-bond acceptors (Lipinski definition) is 6. The maximum Gasteiger partial charge on any atom is 0.180 e. The summed E-state index contributed by atoms with van der Waals surface area (Å²) in [4.78, 5) is 10.2. The third kappa shape index (κ3) is 4.65. The topological polar surface area (TPSA) is 78.8 Å². The molecule has 1 aliphatic heterocycles. The number of nitrogens with zero attached hydrogens (tertiary/aromatic N) is 7. The van der Waals surface area contributed by atoms with Crippen LogP contribution in [0.2, 0.25) is 0 Å². The van der Waals surface area contributed by atoms with Gasteiger partial charge >= 0.3 is 0 Å². The highest BCUT2D eigenvalue weighted by Crippen LogP contribution is 2.35. The molecule has 2 aliphatic rings. The second kappa shape index (κ2) is 9.50. The summed E-state index contributed by atoms with van der Waals surface area (Å²) in [5.74, 6) is 4.46. The van der Waals surface area contributed by atoms with E-state index in [1.165, 1.54) is 29.9 Å². The molecule has 6 rings (SSSR count). The fourth-order valence-electron chi connectivity index (χ4n) is 5.37. The molecule has 1 aliphatic carbocycles. The van der Waals surface area contributed by atoms with Crippen molar-refractivity contribution in [1.29, 1.82) is 0 Å². The van der Waals surface area contributed by atoms with Gasteiger partial charge in [-0.25, -0.2) is 10.1 Å². The van der Waals surface area contributed by atoms with Gasteiger partial charge in [0, 0.05) is 31.7 Å². The summed E-state index contributed by atoms with van der Waals surface area (Å²) in [6, 6.07) is 17.1. The van der Waals surface area contributed by atoms with Gasteiger partial charge in [0.05, 0.1) is 12.4 Å². The van der Waals surface area contributed by atoms with Crippen LogP contribution in [0.3, 0.4) is 0 Å². The lowest BCUT2D eigenvalue weighted by molar-refractivity contribution is 0.217. The lowest BCUT2D eigenvalue weighted by Gasteiger charge is -2.37. The smallest absolute Gasteiger partial charge is 0.180 e. The lowest BCUT2D eigenvalue weighted by Crippen LogP contribution is -2.45. The molecule has 4 aromatic rings. The monoisotopic (exact) mass is 482 g/mol. The van der Waals surface area contributed by atoms with Gasteiger partial charge in [-0.3, -0.25) is 4.90 Å². The first kappa shape index (κ1) is 22.9. The molecular formula is C28H34N8. The maximum absolute atomic E-state index is 5.07. The Morgan fingerprint density at radius 3 is 2.50 bits per heavy atom. The van der Waals surface area contributed by atoms with Gasteiger partial charge in [-0.1, -0.05) is 62.4 Å². The van der Waals surface area contributed by atoms with Crippen LogP contribution in [0.5, 0.6) is 0 Å². The van der Waals surface area contributed by atoms with Crippen LogP contribution in [0.4, 0.5) is 5.82 Å². The molecule has 186 valence electrons. The summed E-state index contributed by atoms with van der Waals surface area (Å²) in [5, 5.41) is 14.5. The lowest BCUT2D eigenvalue weighted by atomic mass is 9.98. The molecule has 0 saturated heterocycles. The van der Waals surface area contributed by atoms with Crippen LogP contribution >= 0.6 is 0 Å². The van der Waals surface area contributed by atoms with Crippen molar-refractivity contribution in [3.05, 3.63) is 65.6 Å². The number of aromatic amines is 1. The average molecular weight is 483 g/mol. The Kier molecular flexibility index (Phi) is 6.05. The number of aryl methyl sites for hydroxylation is 1. The molecule has 0 amide bonds. The van der Waals surface area contributed by atoms with Gasteiger partial charge in [0.15, 0.2) is 11.6 Å². The molecule has 0 radical (unpaired) electrons. The van der Waals surface area contributed by atoms with Gasteiger partial charge in [-0.2, -0.15) is 0 Å². The first-order valence-corrected chi connectivity index (χ1v) is 13.0. The molecule has 0 atom stereocenters. The number of hydrogen-bond donors (Lipinski definition) is 1. The number of anilines is 1. The van der Waals surface area contributed by atoms with E-state index in [0.29, 0.717) is 11.7 Å².